The average molecular weight is 265 g/mol. The normalized spacial score (nSPS) is 11.6. The van der Waals surface area contributed by atoms with Crippen molar-refractivity contribution in [1.82, 2.24) is 10.6 Å². The van der Waals surface area contributed by atoms with Crippen LogP contribution in [0.2, 0.25) is 0 Å². The molecule has 1 rings (SSSR count). The Kier molecular flexibility index (Phi) is 5.32. The van der Waals surface area contributed by atoms with E-state index in [1.54, 1.807) is 13.0 Å². The van der Waals surface area contributed by atoms with E-state index in [0.717, 1.165) is 11.1 Å². The van der Waals surface area contributed by atoms with Gasteiger partial charge in [0.1, 0.15) is 5.75 Å². The molecule has 0 spiro atoms. The molecule has 0 heterocycles. The molecular formula is C13H19N3O3. The molecule has 1 aromatic rings. The molecule has 0 bridgehead atoms. The van der Waals surface area contributed by atoms with Crippen molar-refractivity contribution < 1.29 is 14.3 Å². The predicted molar refractivity (Wildman–Crippen MR) is 71.8 cm³/mol. The molecule has 6 nitrogen and oxygen atoms in total. The Labute approximate surface area is 112 Å². The highest BCUT2D eigenvalue weighted by atomic mass is 16.5. The van der Waals surface area contributed by atoms with Crippen LogP contribution in [0.3, 0.4) is 0 Å². The van der Waals surface area contributed by atoms with Crippen molar-refractivity contribution in [3.8, 4) is 5.75 Å². The first-order valence-corrected chi connectivity index (χ1v) is 5.96. The molecule has 1 aromatic carbocycles. The number of carbonyl (C=O) groups excluding carboxylic acids is 2. The molecule has 0 aliphatic carbocycles. The lowest BCUT2D eigenvalue weighted by atomic mass is 10.1. The van der Waals surface area contributed by atoms with Gasteiger partial charge in [-0.15, -0.1) is 0 Å². The van der Waals surface area contributed by atoms with Gasteiger partial charge in [-0.3, -0.25) is 10.1 Å². The van der Waals surface area contributed by atoms with Crippen molar-refractivity contribution >= 4 is 11.9 Å². The maximum atomic E-state index is 11.7. The van der Waals surface area contributed by atoms with Gasteiger partial charge in [0.2, 0.25) is 0 Å². The fourth-order valence-corrected chi connectivity index (χ4v) is 1.50. The standard InChI is InChI=1S/C13H19N3O3/c1-8-4-5-11(10(6-8)7-14)19-9(2)12(17)16-13(18)15-3/h4-6,9H,7,14H2,1-3H3,(H2,15,16,17,18). The van der Waals surface area contributed by atoms with E-state index in [4.69, 9.17) is 10.5 Å². The first-order valence-electron chi connectivity index (χ1n) is 5.96. The summed E-state index contributed by atoms with van der Waals surface area (Å²) in [6.45, 7) is 3.84. The van der Waals surface area contributed by atoms with Crippen LogP contribution < -0.4 is 21.1 Å². The van der Waals surface area contributed by atoms with Crippen LogP contribution in [0, 0.1) is 6.92 Å². The highest BCUT2D eigenvalue weighted by molar-refractivity contribution is 5.96. The van der Waals surface area contributed by atoms with E-state index < -0.39 is 18.0 Å². The van der Waals surface area contributed by atoms with E-state index in [1.165, 1.54) is 7.05 Å². The lowest BCUT2D eigenvalue weighted by Gasteiger charge is -2.16. The highest BCUT2D eigenvalue weighted by Gasteiger charge is 2.17. The van der Waals surface area contributed by atoms with Gasteiger partial charge in [-0.05, 0) is 19.9 Å². The van der Waals surface area contributed by atoms with Gasteiger partial charge in [0.25, 0.3) is 5.91 Å². The second-order valence-corrected chi connectivity index (χ2v) is 4.14. The number of amides is 3. The van der Waals surface area contributed by atoms with E-state index in [9.17, 15) is 9.59 Å². The molecule has 4 N–H and O–H groups in total. The SMILES string of the molecule is CNC(=O)NC(=O)C(C)Oc1ccc(C)cc1CN. The Hall–Kier alpha value is -2.08. The fraction of sp³-hybridized carbons (Fsp3) is 0.385. The van der Waals surface area contributed by atoms with Gasteiger partial charge in [-0.2, -0.15) is 0 Å². The Morgan fingerprint density at radius 1 is 1.42 bits per heavy atom. The van der Waals surface area contributed by atoms with Crippen molar-refractivity contribution in [1.29, 1.82) is 0 Å². The molecule has 0 saturated heterocycles. The topological polar surface area (TPSA) is 93.5 Å². The van der Waals surface area contributed by atoms with Crippen molar-refractivity contribution in [3.63, 3.8) is 0 Å². The number of hydrogen-bond donors (Lipinski definition) is 3. The summed E-state index contributed by atoms with van der Waals surface area (Å²) in [5.74, 6) is 0.0375. The number of ether oxygens (including phenoxy) is 1. The Bertz CT molecular complexity index is 474. The third-order valence-electron chi connectivity index (χ3n) is 2.57. The number of aryl methyl sites for hydroxylation is 1. The van der Waals surface area contributed by atoms with Gasteiger partial charge in [0.15, 0.2) is 6.10 Å². The van der Waals surface area contributed by atoms with Gasteiger partial charge in [0.05, 0.1) is 0 Å². The van der Waals surface area contributed by atoms with Crippen LogP contribution in [-0.4, -0.2) is 25.1 Å². The molecule has 0 fully saturated rings. The van der Waals surface area contributed by atoms with Gasteiger partial charge in [-0.1, -0.05) is 17.7 Å². The molecule has 104 valence electrons. The van der Waals surface area contributed by atoms with E-state index in [2.05, 4.69) is 10.6 Å². The summed E-state index contributed by atoms with van der Waals surface area (Å²) in [5, 5.41) is 4.45. The Morgan fingerprint density at radius 2 is 2.11 bits per heavy atom. The molecule has 1 unspecified atom stereocenters. The number of nitrogens with two attached hydrogens (primary N) is 1. The number of hydrogen-bond acceptors (Lipinski definition) is 4. The summed E-state index contributed by atoms with van der Waals surface area (Å²) in [7, 11) is 1.43. The molecule has 0 aliphatic heterocycles. The van der Waals surface area contributed by atoms with E-state index >= 15 is 0 Å². The zero-order valence-electron chi connectivity index (χ0n) is 11.3. The lowest BCUT2D eigenvalue weighted by Crippen LogP contribution is -2.44. The number of benzene rings is 1. The number of rotatable bonds is 4. The van der Waals surface area contributed by atoms with Crippen molar-refractivity contribution in [2.45, 2.75) is 26.5 Å². The van der Waals surface area contributed by atoms with Crippen LogP contribution in [0.15, 0.2) is 18.2 Å². The summed E-state index contributed by atoms with van der Waals surface area (Å²) in [6, 6.07) is 4.97. The molecule has 6 heteroatoms. The van der Waals surface area contributed by atoms with E-state index in [-0.39, 0.29) is 0 Å². The van der Waals surface area contributed by atoms with Gasteiger partial charge >= 0.3 is 6.03 Å². The fourth-order valence-electron chi connectivity index (χ4n) is 1.50. The minimum Gasteiger partial charge on any atom is -0.481 e. The maximum absolute atomic E-state index is 11.7. The quantitative estimate of drug-likeness (QED) is 0.746. The summed E-state index contributed by atoms with van der Waals surface area (Å²) < 4.78 is 5.53. The van der Waals surface area contributed by atoms with Crippen molar-refractivity contribution in [2.24, 2.45) is 5.73 Å². The Morgan fingerprint density at radius 3 is 2.68 bits per heavy atom. The third-order valence-corrected chi connectivity index (χ3v) is 2.57. The second-order valence-electron chi connectivity index (χ2n) is 4.14. The molecule has 0 aromatic heterocycles. The van der Waals surface area contributed by atoms with Crippen molar-refractivity contribution in [3.05, 3.63) is 29.3 Å². The summed E-state index contributed by atoms with van der Waals surface area (Å²) >= 11 is 0. The minimum absolute atomic E-state index is 0.320. The molecule has 0 aliphatic rings. The van der Waals surface area contributed by atoms with Crippen LogP contribution in [-0.2, 0) is 11.3 Å². The molecule has 0 radical (unpaired) electrons. The lowest BCUT2D eigenvalue weighted by molar-refractivity contribution is -0.126. The van der Waals surface area contributed by atoms with Crippen LogP contribution in [0.5, 0.6) is 5.75 Å². The summed E-state index contributed by atoms with van der Waals surface area (Å²) in [5.41, 5.74) is 7.51. The average Bonchev–Trinajstić information content (AvgIpc) is 2.40. The predicted octanol–water partition coefficient (Wildman–Crippen LogP) is 0.677. The molecule has 1 atom stereocenters. The number of carbonyl (C=O) groups is 2. The highest BCUT2D eigenvalue weighted by Crippen LogP contribution is 2.20. The number of urea groups is 1. The Balaban J connectivity index is 2.73. The molecular weight excluding hydrogens is 246 g/mol. The monoisotopic (exact) mass is 265 g/mol. The van der Waals surface area contributed by atoms with Crippen LogP contribution in [0.1, 0.15) is 18.1 Å². The van der Waals surface area contributed by atoms with Crippen LogP contribution >= 0.6 is 0 Å². The van der Waals surface area contributed by atoms with E-state index in [1.807, 2.05) is 19.1 Å². The first kappa shape index (κ1) is 15.0. The van der Waals surface area contributed by atoms with Crippen LogP contribution in [0.25, 0.3) is 0 Å². The zero-order valence-corrected chi connectivity index (χ0v) is 11.3. The second kappa shape index (κ2) is 6.75. The zero-order chi connectivity index (χ0) is 14.4. The van der Waals surface area contributed by atoms with Gasteiger partial charge in [-0.25, -0.2) is 4.79 Å². The molecule has 19 heavy (non-hydrogen) atoms. The summed E-state index contributed by atoms with van der Waals surface area (Å²) in [4.78, 5) is 22.7. The molecule has 0 saturated carbocycles. The van der Waals surface area contributed by atoms with Gasteiger partial charge < -0.3 is 15.8 Å². The first-order chi connectivity index (χ1) is 8.97. The minimum atomic E-state index is -0.787. The largest absolute Gasteiger partial charge is 0.481 e. The number of nitrogens with one attached hydrogen (secondary N) is 2. The smallest absolute Gasteiger partial charge is 0.321 e. The maximum Gasteiger partial charge on any atom is 0.321 e. The summed E-state index contributed by atoms with van der Waals surface area (Å²) in [6.07, 6.45) is -0.787. The van der Waals surface area contributed by atoms with Crippen molar-refractivity contribution in [2.75, 3.05) is 7.05 Å². The van der Waals surface area contributed by atoms with Crippen LogP contribution in [0.4, 0.5) is 4.79 Å². The third kappa shape index (κ3) is 4.26. The van der Waals surface area contributed by atoms with E-state index in [0.29, 0.717) is 12.3 Å². The van der Waals surface area contributed by atoms with Gasteiger partial charge in [0, 0.05) is 19.2 Å². The molecule has 3 amide bonds. The number of imide groups is 1.